The average Bonchev–Trinajstić information content (AvgIpc) is 2.36. The van der Waals surface area contributed by atoms with Gasteiger partial charge in [-0.25, -0.2) is 0 Å². The van der Waals surface area contributed by atoms with Crippen LogP contribution in [0.2, 0.25) is 0 Å². The second kappa shape index (κ2) is 7.29. The predicted octanol–water partition coefficient (Wildman–Crippen LogP) is -1.74. The fourth-order valence-electron chi connectivity index (χ4n) is 2.53. The maximum atomic E-state index is 12.0. The zero-order valence-electron chi connectivity index (χ0n) is 12.7. The maximum absolute atomic E-state index is 12.0. The molecular weight excluding hydrogens is 281 g/mol. The molecule has 0 heterocycles. The van der Waals surface area contributed by atoms with E-state index in [4.69, 9.17) is 4.74 Å². The van der Waals surface area contributed by atoms with Crippen LogP contribution in [0.25, 0.3) is 0 Å². The van der Waals surface area contributed by atoms with Crippen molar-refractivity contribution >= 4 is 17.6 Å². The van der Waals surface area contributed by atoms with Gasteiger partial charge in [-0.3, -0.25) is 4.79 Å². The van der Waals surface area contributed by atoms with Crippen LogP contribution in [0.1, 0.15) is 31.2 Å². The monoisotopic (exact) mass is 299 g/mol. The molecule has 0 unspecified atom stereocenters. The standard InChI is InChI=1S/C15H19NO4.Na/c1-10-11(5-3-6-12(10)20-2)16-13(17)9-15(14(18)19)7-4-8-15;/h3,5-6H,4,7-9H2,1-2H3,(H,16,17)(H,18,19);/q;+1/p-1. The molecule has 1 aromatic rings. The summed E-state index contributed by atoms with van der Waals surface area (Å²) in [5.41, 5.74) is 0.485. The van der Waals surface area contributed by atoms with Crippen molar-refractivity contribution in [2.45, 2.75) is 32.6 Å². The number of nitrogens with one attached hydrogen (secondary N) is 1. The Kier molecular flexibility index (Phi) is 6.25. The zero-order chi connectivity index (χ0) is 14.8. The van der Waals surface area contributed by atoms with Crippen LogP contribution in [0.4, 0.5) is 5.69 Å². The number of methoxy groups -OCH3 is 1. The summed E-state index contributed by atoms with van der Waals surface area (Å²) < 4.78 is 5.18. The minimum absolute atomic E-state index is 0. The normalized spacial score (nSPS) is 15.3. The Morgan fingerprint density at radius 3 is 2.52 bits per heavy atom. The maximum Gasteiger partial charge on any atom is 1.00 e. The van der Waals surface area contributed by atoms with Gasteiger partial charge in [0.1, 0.15) is 5.75 Å². The quantitative estimate of drug-likeness (QED) is 0.655. The number of rotatable bonds is 5. The predicted molar refractivity (Wildman–Crippen MR) is 72.3 cm³/mol. The number of carbonyl (C=O) groups excluding carboxylic acids is 2. The average molecular weight is 299 g/mol. The number of carboxylic acids is 1. The first-order chi connectivity index (χ1) is 9.48. The van der Waals surface area contributed by atoms with Gasteiger partial charge in [-0.2, -0.15) is 0 Å². The number of anilines is 1. The second-order valence-electron chi connectivity index (χ2n) is 5.28. The Hall–Kier alpha value is -1.04. The fourth-order valence-corrected chi connectivity index (χ4v) is 2.53. The Labute approximate surface area is 146 Å². The molecule has 0 spiro atoms. The van der Waals surface area contributed by atoms with Gasteiger partial charge in [-0.1, -0.05) is 12.5 Å². The molecule has 1 aliphatic carbocycles. The summed E-state index contributed by atoms with van der Waals surface area (Å²) in [4.78, 5) is 23.2. The van der Waals surface area contributed by atoms with Crippen LogP contribution in [0.5, 0.6) is 5.75 Å². The molecule has 2 rings (SSSR count). The van der Waals surface area contributed by atoms with E-state index in [1.165, 1.54) is 0 Å². The second-order valence-corrected chi connectivity index (χ2v) is 5.28. The van der Waals surface area contributed by atoms with E-state index in [1.54, 1.807) is 25.3 Å². The molecule has 108 valence electrons. The van der Waals surface area contributed by atoms with E-state index in [0.29, 0.717) is 24.3 Å². The minimum Gasteiger partial charge on any atom is -0.550 e. The van der Waals surface area contributed by atoms with Gasteiger partial charge in [0, 0.05) is 29.1 Å². The van der Waals surface area contributed by atoms with Gasteiger partial charge >= 0.3 is 29.6 Å². The summed E-state index contributed by atoms with van der Waals surface area (Å²) >= 11 is 0. The number of carboxylic acid groups (broad SMARTS) is 1. The molecular formula is C15H18NNaO4. The Bertz CT molecular complexity index is 540. The number of benzene rings is 1. The van der Waals surface area contributed by atoms with E-state index in [0.717, 1.165) is 12.0 Å². The van der Waals surface area contributed by atoms with Crippen LogP contribution in [-0.4, -0.2) is 19.0 Å². The number of ether oxygens (including phenoxy) is 1. The number of hydrogen-bond acceptors (Lipinski definition) is 4. The summed E-state index contributed by atoms with van der Waals surface area (Å²) in [7, 11) is 1.56. The van der Waals surface area contributed by atoms with Crippen molar-refractivity contribution in [2.24, 2.45) is 5.41 Å². The van der Waals surface area contributed by atoms with Gasteiger partial charge in [0.15, 0.2) is 0 Å². The van der Waals surface area contributed by atoms with Crippen molar-refractivity contribution in [3.63, 3.8) is 0 Å². The molecule has 1 saturated carbocycles. The first-order valence-corrected chi connectivity index (χ1v) is 6.63. The van der Waals surface area contributed by atoms with Crippen molar-refractivity contribution in [2.75, 3.05) is 12.4 Å². The SMILES string of the molecule is COc1cccc(NC(=O)CC2(C(=O)[O-])CCC2)c1C.[Na+]. The topological polar surface area (TPSA) is 78.5 Å². The molecule has 0 bridgehead atoms. The molecule has 6 heteroatoms. The third-order valence-electron chi connectivity index (χ3n) is 4.02. The summed E-state index contributed by atoms with van der Waals surface area (Å²) in [6, 6.07) is 5.35. The molecule has 0 saturated heterocycles. The fraction of sp³-hybridized carbons (Fsp3) is 0.467. The van der Waals surface area contributed by atoms with E-state index in [2.05, 4.69) is 5.32 Å². The summed E-state index contributed by atoms with van der Waals surface area (Å²) in [6.07, 6.45) is 1.82. The first kappa shape index (κ1) is 18.0. The van der Waals surface area contributed by atoms with Crippen molar-refractivity contribution in [3.05, 3.63) is 23.8 Å². The van der Waals surface area contributed by atoms with E-state index < -0.39 is 11.4 Å². The van der Waals surface area contributed by atoms with Gasteiger partial charge in [-0.15, -0.1) is 0 Å². The number of hydrogen-bond donors (Lipinski definition) is 1. The molecule has 0 atom stereocenters. The minimum atomic E-state index is -1.12. The third-order valence-corrected chi connectivity index (χ3v) is 4.02. The van der Waals surface area contributed by atoms with E-state index in [-0.39, 0.29) is 41.9 Å². The van der Waals surface area contributed by atoms with Crippen molar-refractivity contribution in [1.29, 1.82) is 0 Å². The summed E-state index contributed by atoms with van der Waals surface area (Å²) in [5, 5.41) is 13.9. The molecule has 1 fully saturated rings. The number of aliphatic carboxylic acids is 1. The van der Waals surface area contributed by atoms with E-state index in [9.17, 15) is 14.7 Å². The van der Waals surface area contributed by atoms with Gasteiger partial charge in [-0.05, 0) is 31.9 Å². The molecule has 1 N–H and O–H groups in total. The van der Waals surface area contributed by atoms with Crippen molar-refractivity contribution in [1.82, 2.24) is 0 Å². The van der Waals surface area contributed by atoms with Crippen LogP contribution < -0.4 is 44.7 Å². The Morgan fingerprint density at radius 2 is 2.05 bits per heavy atom. The summed E-state index contributed by atoms with van der Waals surface area (Å²) in [5.74, 6) is -0.743. The molecule has 1 amide bonds. The Morgan fingerprint density at radius 1 is 1.38 bits per heavy atom. The molecule has 0 radical (unpaired) electrons. The zero-order valence-corrected chi connectivity index (χ0v) is 14.7. The molecule has 0 aromatic heterocycles. The van der Waals surface area contributed by atoms with Gasteiger partial charge in [0.2, 0.25) is 5.91 Å². The third kappa shape index (κ3) is 3.78. The molecule has 0 aliphatic heterocycles. The van der Waals surface area contributed by atoms with Crippen LogP contribution in [0.3, 0.4) is 0 Å². The molecule has 1 aromatic carbocycles. The van der Waals surface area contributed by atoms with Gasteiger partial charge in [0.05, 0.1) is 7.11 Å². The van der Waals surface area contributed by atoms with Gasteiger partial charge < -0.3 is 20.0 Å². The van der Waals surface area contributed by atoms with Crippen LogP contribution in [0, 0.1) is 12.3 Å². The summed E-state index contributed by atoms with van der Waals surface area (Å²) in [6.45, 7) is 1.84. The van der Waals surface area contributed by atoms with Crippen LogP contribution >= 0.6 is 0 Å². The largest absolute Gasteiger partial charge is 1.00 e. The van der Waals surface area contributed by atoms with E-state index >= 15 is 0 Å². The van der Waals surface area contributed by atoms with Crippen molar-refractivity contribution < 1.29 is 49.0 Å². The number of carbonyl (C=O) groups is 2. The molecule has 1 aliphatic rings. The van der Waals surface area contributed by atoms with Gasteiger partial charge in [0.25, 0.3) is 0 Å². The van der Waals surface area contributed by atoms with Crippen LogP contribution in [-0.2, 0) is 9.59 Å². The van der Waals surface area contributed by atoms with Crippen molar-refractivity contribution in [3.8, 4) is 5.75 Å². The first-order valence-electron chi connectivity index (χ1n) is 6.63. The smallest absolute Gasteiger partial charge is 0.550 e. The number of amides is 1. The Balaban J connectivity index is 0.00000220. The molecule has 5 nitrogen and oxygen atoms in total. The van der Waals surface area contributed by atoms with E-state index in [1.807, 2.05) is 6.92 Å². The molecule has 21 heavy (non-hydrogen) atoms. The van der Waals surface area contributed by atoms with Crippen LogP contribution in [0.15, 0.2) is 18.2 Å².